The maximum absolute atomic E-state index is 14.1. The van der Waals surface area contributed by atoms with Gasteiger partial charge in [-0.05, 0) is 55.6 Å². The van der Waals surface area contributed by atoms with Gasteiger partial charge in [-0.25, -0.2) is 0 Å². The predicted molar refractivity (Wildman–Crippen MR) is 211 cm³/mol. The first kappa shape index (κ1) is 45.7. The highest BCUT2D eigenvalue weighted by atomic mass is 16.5. The van der Waals surface area contributed by atoms with Crippen molar-refractivity contribution in [1.82, 2.24) is 26.2 Å². The van der Waals surface area contributed by atoms with Crippen LogP contribution in [-0.2, 0) is 51.1 Å². The molecule has 4 amide bonds. The fourth-order valence-corrected chi connectivity index (χ4v) is 6.40. The molecule has 5 N–H and O–H groups in total. The molecule has 2 unspecified atom stereocenters. The number of ketones is 1. The number of hydrogen-bond donors (Lipinski definition) is 5. The van der Waals surface area contributed by atoms with Crippen LogP contribution in [0.25, 0.3) is 0 Å². The van der Waals surface area contributed by atoms with Gasteiger partial charge in [0.05, 0.1) is 25.8 Å². The van der Waals surface area contributed by atoms with E-state index in [0.29, 0.717) is 32.7 Å². The number of morpholine rings is 1. The smallest absolute Gasteiger partial charge is 0.302 e. The second-order valence-electron chi connectivity index (χ2n) is 15.6. The lowest BCUT2D eigenvalue weighted by molar-refractivity contribution is -0.156. The van der Waals surface area contributed by atoms with Crippen molar-refractivity contribution in [3.63, 3.8) is 0 Å². The standard InChI is InChI=1S/C42H61N5O9/c1-28(2)23-34(38(50)42(6,54)27-56-30(5)48)44-41(53)36(25-32-15-11-8-12-16-32)46-40(52)35(24-29(3)4)45-39(51)33(18-17-31-13-9-7-10-14-31)43-37(49)26-47-19-21-55-22-20-47/h7-16,28-29,33-36,54H,17-27H2,1-6H3,(H,43,49)(H,44,53)(H,45,51)(H,46,52)/t33-,34?,35?,36-,42+/m0/s1. The number of nitrogens with one attached hydrogen (secondary N) is 4. The first-order chi connectivity index (χ1) is 26.5. The number of esters is 1. The molecule has 56 heavy (non-hydrogen) atoms. The van der Waals surface area contributed by atoms with E-state index in [1.165, 1.54) is 6.92 Å². The van der Waals surface area contributed by atoms with E-state index in [1.54, 1.807) is 24.3 Å². The van der Waals surface area contributed by atoms with Crippen LogP contribution < -0.4 is 21.3 Å². The Labute approximate surface area is 330 Å². The van der Waals surface area contributed by atoms with Crippen molar-refractivity contribution >= 4 is 35.4 Å². The maximum Gasteiger partial charge on any atom is 0.302 e. The number of nitrogens with zero attached hydrogens (tertiary/aromatic N) is 1. The highest BCUT2D eigenvalue weighted by Gasteiger charge is 2.39. The van der Waals surface area contributed by atoms with Crippen LogP contribution in [0.15, 0.2) is 60.7 Å². The zero-order valence-electron chi connectivity index (χ0n) is 33.7. The van der Waals surface area contributed by atoms with Crippen molar-refractivity contribution < 1.29 is 43.3 Å². The molecule has 0 spiro atoms. The van der Waals surface area contributed by atoms with Gasteiger partial charge in [-0.3, -0.25) is 33.7 Å². The molecule has 1 heterocycles. The van der Waals surface area contributed by atoms with Crippen molar-refractivity contribution in [2.75, 3.05) is 39.5 Å². The topological polar surface area (TPSA) is 192 Å². The molecule has 2 aromatic carbocycles. The normalized spacial score (nSPS) is 16.4. The summed E-state index contributed by atoms with van der Waals surface area (Å²) in [4.78, 5) is 82.4. The van der Waals surface area contributed by atoms with E-state index in [-0.39, 0.29) is 50.0 Å². The number of amides is 4. The Balaban J connectivity index is 1.85. The number of carbonyl (C=O) groups is 6. The van der Waals surface area contributed by atoms with Crippen LogP contribution in [0.1, 0.15) is 71.9 Å². The van der Waals surface area contributed by atoms with Gasteiger partial charge >= 0.3 is 5.97 Å². The number of benzene rings is 2. The summed E-state index contributed by atoms with van der Waals surface area (Å²) in [6, 6.07) is 14.3. The number of carbonyl (C=O) groups excluding carboxylic acids is 6. The number of rotatable bonds is 22. The summed E-state index contributed by atoms with van der Waals surface area (Å²) in [5, 5.41) is 22.3. The Hall–Kier alpha value is -4.66. The van der Waals surface area contributed by atoms with Crippen LogP contribution in [0, 0.1) is 11.8 Å². The monoisotopic (exact) mass is 779 g/mol. The maximum atomic E-state index is 14.1. The Morgan fingerprint density at radius 3 is 1.80 bits per heavy atom. The number of aliphatic hydroxyl groups is 1. The Kier molecular flexibility index (Phi) is 18.6. The van der Waals surface area contributed by atoms with E-state index in [4.69, 9.17) is 9.47 Å². The molecule has 0 radical (unpaired) electrons. The molecule has 3 rings (SSSR count). The second kappa shape index (κ2) is 22.8. The molecule has 0 bridgehead atoms. The average molecular weight is 780 g/mol. The molecule has 1 aliphatic heterocycles. The third kappa shape index (κ3) is 16.2. The average Bonchev–Trinajstić information content (AvgIpc) is 3.15. The summed E-state index contributed by atoms with van der Waals surface area (Å²) in [6.45, 7) is 11.6. The molecular formula is C42H61N5O9. The van der Waals surface area contributed by atoms with E-state index in [0.717, 1.165) is 18.1 Å². The molecule has 5 atom stereocenters. The number of hydrogen-bond acceptors (Lipinski definition) is 10. The fraction of sp³-hybridized carbons (Fsp3) is 0.571. The van der Waals surface area contributed by atoms with Gasteiger partial charge in [-0.2, -0.15) is 0 Å². The van der Waals surface area contributed by atoms with Crippen molar-refractivity contribution in [2.45, 2.75) is 103 Å². The van der Waals surface area contributed by atoms with Gasteiger partial charge in [0.1, 0.15) is 24.7 Å². The van der Waals surface area contributed by atoms with E-state index in [1.807, 2.05) is 69.0 Å². The third-order valence-corrected chi connectivity index (χ3v) is 9.37. The zero-order valence-corrected chi connectivity index (χ0v) is 33.7. The minimum atomic E-state index is -2.09. The number of Topliss-reactive ketones (excluding diaryl/α,β-unsaturated/α-hetero) is 1. The Bertz CT molecular complexity index is 1580. The van der Waals surface area contributed by atoms with Gasteiger partial charge in [0.25, 0.3) is 0 Å². The Morgan fingerprint density at radius 1 is 0.732 bits per heavy atom. The van der Waals surface area contributed by atoms with Gasteiger partial charge in [0.2, 0.25) is 23.6 Å². The van der Waals surface area contributed by atoms with Crippen molar-refractivity contribution in [3.05, 3.63) is 71.8 Å². The summed E-state index contributed by atoms with van der Waals surface area (Å²) < 4.78 is 10.3. The minimum absolute atomic E-state index is 0.0429. The number of ether oxygens (including phenoxy) is 2. The summed E-state index contributed by atoms with van der Waals surface area (Å²) in [5.74, 6) is -3.67. The van der Waals surface area contributed by atoms with E-state index in [9.17, 15) is 33.9 Å². The van der Waals surface area contributed by atoms with Crippen LogP contribution >= 0.6 is 0 Å². The second-order valence-corrected chi connectivity index (χ2v) is 15.6. The van der Waals surface area contributed by atoms with E-state index in [2.05, 4.69) is 21.3 Å². The highest BCUT2D eigenvalue weighted by Crippen LogP contribution is 2.17. The lowest BCUT2D eigenvalue weighted by Crippen LogP contribution is -2.60. The lowest BCUT2D eigenvalue weighted by atomic mass is 9.90. The highest BCUT2D eigenvalue weighted by molar-refractivity contribution is 5.98. The van der Waals surface area contributed by atoms with Gasteiger partial charge < -0.3 is 35.8 Å². The predicted octanol–water partition coefficient (Wildman–Crippen LogP) is 2.11. The molecule has 1 fully saturated rings. The van der Waals surface area contributed by atoms with Crippen LogP contribution in [0.2, 0.25) is 0 Å². The van der Waals surface area contributed by atoms with Crippen LogP contribution in [0.4, 0.5) is 0 Å². The number of aryl methyl sites for hydroxylation is 1. The van der Waals surface area contributed by atoms with Crippen molar-refractivity contribution in [1.29, 1.82) is 0 Å². The first-order valence-electron chi connectivity index (χ1n) is 19.5. The molecule has 1 aliphatic rings. The molecule has 0 saturated carbocycles. The molecular weight excluding hydrogens is 718 g/mol. The summed E-state index contributed by atoms with van der Waals surface area (Å²) in [5.41, 5.74) is -0.367. The molecule has 14 nitrogen and oxygen atoms in total. The SMILES string of the molecule is CC(=O)OC[C@@](C)(O)C(=O)C(CC(C)C)NC(=O)[C@H](Cc1ccccc1)NC(=O)C(CC(C)C)NC(=O)[C@H](CCc1ccccc1)NC(=O)CN1CCOCC1. The zero-order chi connectivity index (χ0) is 41.3. The molecule has 0 aliphatic carbocycles. The molecule has 308 valence electrons. The quantitative estimate of drug-likeness (QED) is 0.111. The first-order valence-corrected chi connectivity index (χ1v) is 19.5. The largest absolute Gasteiger partial charge is 0.462 e. The van der Waals surface area contributed by atoms with Gasteiger partial charge in [-0.1, -0.05) is 88.4 Å². The van der Waals surface area contributed by atoms with Crippen molar-refractivity contribution in [2.24, 2.45) is 11.8 Å². The fourth-order valence-electron chi connectivity index (χ4n) is 6.40. The molecule has 14 heteroatoms. The molecule has 2 aromatic rings. The summed E-state index contributed by atoms with van der Waals surface area (Å²) in [7, 11) is 0. The third-order valence-electron chi connectivity index (χ3n) is 9.37. The molecule has 1 saturated heterocycles. The van der Waals surface area contributed by atoms with Crippen LogP contribution in [0.5, 0.6) is 0 Å². The van der Waals surface area contributed by atoms with Crippen LogP contribution in [0.3, 0.4) is 0 Å². The Morgan fingerprint density at radius 2 is 1.23 bits per heavy atom. The summed E-state index contributed by atoms with van der Waals surface area (Å²) in [6.07, 6.45) is 1.25. The van der Waals surface area contributed by atoms with Gasteiger partial charge in [0, 0.05) is 26.4 Å². The molecule has 0 aromatic heterocycles. The van der Waals surface area contributed by atoms with E-state index < -0.39 is 65.8 Å². The minimum Gasteiger partial charge on any atom is -0.462 e. The van der Waals surface area contributed by atoms with Crippen LogP contribution in [-0.4, -0.2) is 115 Å². The summed E-state index contributed by atoms with van der Waals surface area (Å²) >= 11 is 0. The lowest BCUT2D eigenvalue weighted by Gasteiger charge is -2.30. The van der Waals surface area contributed by atoms with Gasteiger partial charge in [-0.15, -0.1) is 0 Å². The van der Waals surface area contributed by atoms with Crippen molar-refractivity contribution in [3.8, 4) is 0 Å². The van der Waals surface area contributed by atoms with Gasteiger partial charge in [0.15, 0.2) is 11.4 Å². The van der Waals surface area contributed by atoms with E-state index >= 15 is 0 Å².